The van der Waals surface area contributed by atoms with E-state index in [4.69, 9.17) is 0 Å². The van der Waals surface area contributed by atoms with E-state index in [1.165, 1.54) is 16.8 Å². The lowest BCUT2D eigenvalue weighted by Gasteiger charge is -2.26. The Morgan fingerprint density at radius 2 is 2.08 bits per heavy atom. The third-order valence-electron chi connectivity index (χ3n) is 1.73. The first-order chi connectivity index (χ1) is 5.41. The van der Waals surface area contributed by atoms with E-state index in [0.29, 0.717) is 0 Å². The molecule has 1 heterocycles. The Morgan fingerprint density at radius 1 is 1.50 bits per heavy atom. The molecule has 0 unspecified atom stereocenters. The number of thioether (sulfide) groups is 1. The van der Waals surface area contributed by atoms with Gasteiger partial charge in [-0.2, -0.15) is 5.10 Å². The topological polar surface area (TPSA) is 32.7 Å². The molecule has 68 valence electrons. The summed E-state index contributed by atoms with van der Waals surface area (Å²) in [5, 5.41) is 5.66. The van der Waals surface area contributed by atoms with E-state index in [1.54, 1.807) is 7.05 Å². The van der Waals surface area contributed by atoms with Gasteiger partial charge < -0.3 is 0 Å². The Kier molecular flexibility index (Phi) is 2.46. The van der Waals surface area contributed by atoms with Crippen LogP contribution in [-0.4, -0.2) is 28.8 Å². The van der Waals surface area contributed by atoms with Crippen molar-refractivity contribution in [2.45, 2.75) is 20.8 Å². The van der Waals surface area contributed by atoms with Crippen molar-refractivity contribution in [3.63, 3.8) is 0 Å². The average molecular weight is 186 g/mol. The number of amides is 1. The summed E-state index contributed by atoms with van der Waals surface area (Å²) < 4.78 is 0. The minimum absolute atomic E-state index is 0.0306. The molecule has 0 aromatic heterocycles. The highest BCUT2D eigenvalue weighted by molar-refractivity contribution is 8.14. The molecule has 0 aromatic carbocycles. The summed E-state index contributed by atoms with van der Waals surface area (Å²) in [7, 11) is 1.69. The van der Waals surface area contributed by atoms with E-state index in [0.717, 1.165) is 11.5 Å². The molecule has 0 fully saturated rings. The van der Waals surface area contributed by atoms with Gasteiger partial charge in [-0.3, -0.25) is 4.79 Å². The molecule has 4 heteroatoms. The normalized spacial score (nSPS) is 19.5. The van der Waals surface area contributed by atoms with E-state index < -0.39 is 0 Å². The molecule has 12 heavy (non-hydrogen) atoms. The van der Waals surface area contributed by atoms with Gasteiger partial charge in [0.05, 0.1) is 5.71 Å². The molecule has 3 nitrogen and oxygen atoms in total. The second kappa shape index (κ2) is 3.09. The molecule has 1 amide bonds. The number of rotatable bonds is 0. The average Bonchev–Trinajstić information content (AvgIpc) is 1.92. The van der Waals surface area contributed by atoms with Gasteiger partial charge in [-0.25, -0.2) is 5.01 Å². The fraction of sp³-hybridized carbons (Fsp3) is 0.750. The van der Waals surface area contributed by atoms with Gasteiger partial charge in [0.15, 0.2) is 0 Å². The van der Waals surface area contributed by atoms with Crippen LogP contribution in [0.25, 0.3) is 0 Å². The maximum atomic E-state index is 11.0. The van der Waals surface area contributed by atoms with E-state index in [-0.39, 0.29) is 10.7 Å². The first-order valence-corrected chi connectivity index (χ1v) is 4.88. The summed E-state index contributed by atoms with van der Waals surface area (Å²) >= 11 is 1.32. The number of hydrogen-bond donors (Lipinski definition) is 0. The minimum atomic E-state index is 0.0306. The summed E-state index contributed by atoms with van der Waals surface area (Å²) in [5.74, 6) is 0.729. The molecule has 1 rings (SSSR count). The highest BCUT2D eigenvalue weighted by Crippen LogP contribution is 2.24. The molecule has 0 aliphatic carbocycles. The van der Waals surface area contributed by atoms with Gasteiger partial charge >= 0.3 is 5.24 Å². The number of carbonyl (C=O) groups is 1. The van der Waals surface area contributed by atoms with Crippen LogP contribution >= 0.6 is 11.8 Å². The maximum Gasteiger partial charge on any atom is 0.301 e. The summed E-state index contributed by atoms with van der Waals surface area (Å²) in [6, 6.07) is 0. The minimum Gasteiger partial charge on any atom is -0.260 e. The zero-order chi connectivity index (χ0) is 9.35. The summed E-state index contributed by atoms with van der Waals surface area (Å²) in [4.78, 5) is 11.0. The van der Waals surface area contributed by atoms with Crippen molar-refractivity contribution in [2.75, 3.05) is 12.8 Å². The fourth-order valence-electron chi connectivity index (χ4n) is 0.841. The molecule has 1 aliphatic rings. The van der Waals surface area contributed by atoms with Crippen LogP contribution < -0.4 is 0 Å². The molecule has 0 radical (unpaired) electrons. The largest absolute Gasteiger partial charge is 0.301 e. The predicted octanol–water partition coefficient (Wildman–Crippen LogP) is 2.19. The van der Waals surface area contributed by atoms with E-state index in [9.17, 15) is 4.79 Å². The maximum absolute atomic E-state index is 11.0. The van der Waals surface area contributed by atoms with Gasteiger partial charge in [0, 0.05) is 18.2 Å². The lowest BCUT2D eigenvalue weighted by Crippen LogP contribution is -2.33. The molecular formula is C8H14N2OS. The van der Waals surface area contributed by atoms with E-state index in [1.807, 2.05) is 0 Å². The zero-order valence-corrected chi connectivity index (χ0v) is 8.73. The highest BCUT2D eigenvalue weighted by Gasteiger charge is 2.26. The fourth-order valence-corrected chi connectivity index (χ4v) is 1.82. The monoisotopic (exact) mass is 186 g/mol. The Bertz CT molecular complexity index is 230. The smallest absolute Gasteiger partial charge is 0.260 e. The standard InChI is InChI=1S/C8H14N2OS/c1-8(2,3)6-5-12-7(11)10(4)9-6/h5H2,1-4H3. The number of nitrogens with zero attached hydrogens (tertiary/aromatic N) is 2. The predicted molar refractivity (Wildman–Crippen MR) is 52.5 cm³/mol. The summed E-state index contributed by atoms with van der Waals surface area (Å²) in [6.45, 7) is 6.32. The van der Waals surface area contributed by atoms with E-state index >= 15 is 0 Å². The molecule has 1 aliphatic heterocycles. The molecule has 0 saturated heterocycles. The Balaban J connectivity index is 2.82. The van der Waals surface area contributed by atoms with Crippen molar-refractivity contribution in [2.24, 2.45) is 10.5 Å². The first kappa shape index (κ1) is 9.58. The number of hydrazone groups is 1. The van der Waals surface area contributed by atoms with Gasteiger partial charge in [-0.05, 0) is 0 Å². The molecule has 0 saturated carbocycles. The van der Waals surface area contributed by atoms with Crippen molar-refractivity contribution < 1.29 is 4.79 Å². The Labute approximate surface area is 77.2 Å². The molecule has 0 atom stereocenters. The number of hydrogen-bond acceptors (Lipinski definition) is 3. The van der Waals surface area contributed by atoms with Gasteiger partial charge in [0.1, 0.15) is 0 Å². The van der Waals surface area contributed by atoms with Crippen molar-refractivity contribution in [1.29, 1.82) is 0 Å². The van der Waals surface area contributed by atoms with Crippen molar-refractivity contribution in [3.8, 4) is 0 Å². The molecule has 0 aromatic rings. The summed E-state index contributed by atoms with van der Waals surface area (Å²) in [5.41, 5.74) is 1.15. The van der Waals surface area contributed by atoms with Crippen LogP contribution in [0, 0.1) is 5.41 Å². The van der Waals surface area contributed by atoms with Crippen LogP contribution in [0.2, 0.25) is 0 Å². The van der Waals surface area contributed by atoms with Crippen LogP contribution in [0.15, 0.2) is 5.10 Å². The van der Waals surface area contributed by atoms with Crippen LogP contribution in [0.4, 0.5) is 4.79 Å². The second-order valence-electron chi connectivity index (χ2n) is 3.87. The van der Waals surface area contributed by atoms with Crippen molar-refractivity contribution >= 4 is 22.7 Å². The molecular weight excluding hydrogens is 172 g/mol. The lowest BCUT2D eigenvalue weighted by molar-refractivity contribution is 0.234. The molecule has 0 spiro atoms. The highest BCUT2D eigenvalue weighted by atomic mass is 32.2. The van der Waals surface area contributed by atoms with Crippen LogP contribution in [0.3, 0.4) is 0 Å². The molecule has 0 N–H and O–H groups in total. The molecule has 0 bridgehead atoms. The Hall–Kier alpha value is -0.510. The van der Waals surface area contributed by atoms with Crippen LogP contribution in [-0.2, 0) is 0 Å². The first-order valence-electron chi connectivity index (χ1n) is 3.89. The second-order valence-corrected chi connectivity index (χ2v) is 4.80. The van der Waals surface area contributed by atoms with Crippen molar-refractivity contribution in [3.05, 3.63) is 0 Å². The van der Waals surface area contributed by atoms with Gasteiger partial charge in [0.2, 0.25) is 0 Å². The third kappa shape index (κ3) is 2.00. The third-order valence-corrected chi connectivity index (χ3v) is 2.66. The van der Waals surface area contributed by atoms with Gasteiger partial charge in [-0.1, -0.05) is 32.5 Å². The van der Waals surface area contributed by atoms with Crippen LogP contribution in [0.5, 0.6) is 0 Å². The van der Waals surface area contributed by atoms with Crippen LogP contribution in [0.1, 0.15) is 20.8 Å². The summed E-state index contributed by atoms with van der Waals surface area (Å²) in [6.07, 6.45) is 0. The van der Waals surface area contributed by atoms with Crippen molar-refractivity contribution in [1.82, 2.24) is 5.01 Å². The quantitative estimate of drug-likeness (QED) is 0.581. The zero-order valence-electron chi connectivity index (χ0n) is 7.92. The Morgan fingerprint density at radius 3 is 2.50 bits per heavy atom. The van der Waals surface area contributed by atoms with Gasteiger partial charge in [0.25, 0.3) is 0 Å². The lowest BCUT2D eigenvalue weighted by atomic mass is 9.91. The van der Waals surface area contributed by atoms with Gasteiger partial charge in [-0.15, -0.1) is 0 Å². The SMILES string of the molecule is CN1N=C(C(C)(C)C)CSC1=O. The van der Waals surface area contributed by atoms with E-state index in [2.05, 4.69) is 25.9 Å². The number of carbonyl (C=O) groups excluding carboxylic acids is 1.